The van der Waals surface area contributed by atoms with Crippen molar-refractivity contribution in [2.24, 2.45) is 0 Å². The van der Waals surface area contributed by atoms with Gasteiger partial charge in [0.25, 0.3) is 0 Å². The van der Waals surface area contributed by atoms with Crippen LogP contribution in [0.3, 0.4) is 0 Å². The molecule has 1 aliphatic heterocycles. The topological polar surface area (TPSA) is 61.4 Å². The molecule has 5 nitrogen and oxygen atoms in total. The quantitative estimate of drug-likeness (QED) is 0.848. The summed E-state index contributed by atoms with van der Waals surface area (Å²) in [5, 5.41) is 5.83. The van der Waals surface area contributed by atoms with Gasteiger partial charge in [0.05, 0.1) is 11.4 Å². The largest absolute Gasteiger partial charge is 0.325 e. The summed E-state index contributed by atoms with van der Waals surface area (Å²) in [6, 6.07) is 15.4. The maximum absolute atomic E-state index is 12.3. The Balaban J connectivity index is 1.58. The number of para-hydroxylation sites is 2. The van der Waals surface area contributed by atoms with E-state index < -0.39 is 0 Å². The number of hydrogen-bond donors (Lipinski definition) is 2. The van der Waals surface area contributed by atoms with Crippen LogP contribution in [-0.4, -0.2) is 29.9 Å². The molecule has 3 rings (SSSR count). The molecule has 1 fully saturated rings. The van der Waals surface area contributed by atoms with Gasteiger partial charge in [-0.25, -0.2) is 4.79 Å². The number of carbonyl (C=O) groups excluding carboxylic acids is 2. The lowest BCUT2D eigenvalue weighted by molar-refractivity contribution is -0.116. The molecule has 0 unspecified atom stereocenters. The van der Waals surface area contributed by atoms with Crippen molar-refractivity contribution in [3.8, 4) is 0 Å². The van der Waals surface area contributed by atoms with E-state index in [1.165, 1.54) is 5.56 Å². The molecule has 0 bridgehead atoms. The van der Waals surface area contributed by atoms with Crippen LogP contribution in [0, 0.1) is 6.92 Å². The van der Waals surface area contributed by atoms with Gasteiger partial charge in [-0.15, -0.1) is 0 Å². The molecule has 1 aliphatic rings. The molecule has 2 N–H and O–H groups in total. The predicted molar refractivity (Wildman–Crippen MR) is 104 cm³/mol. The highest BCUT2D eigenvalue weighted by Crippen LogP contribution is 2.22. The fourth-order valence-corrected chi connectivity index (χ4v) is 3.15. The number of rotatable bonds is 5. The lowest BCUT2D eigenvalue weighted by Gasteiger charge is -2.18. The van der Waals surface area contributed by atoms with Crippen molar-refractivity contribution < 1.29 is 9.59 Å². The van der Waals surface area contributed by atoms with Crippen molar-refractivity contribution in [2.45, 2.75) is 32.6 Å². The summed E-state index contributed by atoms with van der Waals surface area (Å²) in [6.07, 6.45) is 3.18. The van der Waals surface area contributed by atoms with Crippen LogP contribution >= 0.6 is 0 Å². The summed E-state index contributed by atoms with van der Waals surface area (Å²) in [5.74, 6) is -0.0608. The third-order valence-corrected chi connectivity index (χ3v) is 4.56. The minimum Gasteiger partial charge on any atom is -0.325 e. The number of anilines is 2. The lowest BCUT2D eigenvalue weighted by Crippen LogP contribution is -2.32. The van der Waals surface area contributed by atoms with Crippen LogP contribution in [-0.2, 0) is 11.2 Å². The molecule has 26 heavy (non-hydrogen) atoms. The van der Waals surface area contributed by atoms with Gasteiger partial charge < -0.3 is 15.5 Å². The Morgan fingerprint density at radius 3 is 2.35 bits per heavy atom. The predicted octanol–water partition coefficient (Wildman–Crippen LogP) is 4.19. The molecule has 0 saturated carbocycles. The zero-order valence-electron chi connectivity index (χ0n) is 15.1. The van der Waals surface area contributed by atoms with E-state index in [0.717, 1.165) is 31.5 Å². The summed E-state index contributed by atoms with van der Waals surface area (Å²) >= 11 is 0. The summed E-state index contributed by atoms with van der Waals surface area (Å²) in [7, 11) is 0. The molecule has 0 atom stereocenters. The van der Waals surface area contributed by atoms with Gasteiger partial charge in [-0.2, -0.15) is 0 Å². The fourth-order valence-electron chi connectivity index (χ4n) is 3.15. The molecule has 3 amide bonds. The molecular weight excluding hydrogens is 326 g/mol. The first kappa shape index (κ1) is 18.0. The number of nitrogens with zero attached hydrogens (tertiary/aromatic N) is 1. The number of nitrogens with one attached hydrogen (secondary N) is 2. The van der Waals surface area contributed by atoms with Crippen molar-refractivity contribution >= 4 is 23.3 Å². The van der Waals surface area contributed by atoms with Crippen LogP contribution in [0.25, 0.3) is 0 Å². The molecule has 2 aromatic carbocycles. The number of urea groups is 1. The van der Waals surface area contributed by atoms with Gasteiger partial charge in [0, 0.05) is 19.5 Å². The van der Waals surface area contributed by atoms with E-state index >= 15 is 0 Å². The maximum Gasteiger partial charge on any atom is 0.321 e. The highest BCUT2D eigenvalue weighted by molar-refractivity contribution is 5.99. The summed E-state index contributed by atoms with van der Waals surface area (Å²) in [5.41, 5.74) is 3.61. The first-order chi connectivity index (χ1) is 12.6. The number of hydrogen-bond acceptors (Lipinski definition) is 2. The highest BCUT2D eigenvalue weighted by atomic mass is 16.2. The molecule has 0 spiro atoms. The van der Waals surface area contributed by atoms with E-state index in [0.29, 0.717) is 24.2 Å². The van der Waals surface area contributed by atoms with Gasteiger partial charge in [-0.3, -0.25) is 4.79 Å². The van der Waals surface area contributed by atoms with E-state index in [9.17, 15) is 9.59 Å². The molecule has 0 aromatic heterocycles. The standard InChI is InChI=1S/C21H25N3O2/c1-16-7-6-8-17(15-16)11-12-20(25)22-18-9-2-3-10-19(18)23-21(26)24-13-4-5-14-24/h2-3,6-10,15H,4-5,11-14H2,1H3,(H,22,25)(H,23,26). The molecule has 0 radical (unpaired) electrons. The molecule has 5 heteroatoms. The molecule has 0 aliphatic carbocycles. The molecular formula is C21H25N3O2. The molecule has 2 aromatic rings. The minimum atomic E-state index is -0.107. The number of aryl methyl sites for hydroxylation is 2. The Labute approximate surface area is 154 Å². The van der Waals surface area contributed by atoms with Crippen molar-refractivity contribution in [3.63, 3.8) is 0 Å². The van der Waals surface area contributed by atoms with Crippen molar-refractivity contribution in [1.82, 2.24) is 4.90 Å². The van der Waals surface area contributed by atoms with Crippen LogP contribution in [0.1, 0.15) is 30.4 Å². The fraction of sp³-hybridized carbons (Fsp3) is 0.333. The van der Waals surface area contributed by atoms with Crippen molar-refractivity contribution in [1.29, 1.82) is 0 Å². The van der Waals surface area contributed by atoms with Crippen LogP contribution in [0.4, 0.5) is 16.2 Å². The average molecular weight is 351 g/mol. The number of likely N-dealkylation sites (tertiary alicyclic amines) is 1. The molecule has 1 heterocycles. The first-order valence-corrected chi connectivity index (χ1v) is 9.12. The van der Waals surface area contributed by atoms with E-state index in [2.05, 4.69) is 16.7 Å². The number of benzene rings is 2. The molecule has 136 valence electrons. The zero-order chi connectivity index (χ0) is 18.4. The first-order valence-electron chi connectivity index (χ1n) is 9.12. The number of carbonyl (C=O) groups is 2. The SMILES string of the molecule is Cc1cccc(CCC(=O)Nc2ccccc2NC(=O)N2CCCC2)c1. The van der Waals surface area contributed by atoms with E-state index in [-0.39, 0.29) is 11.9 Å². The second kappa shape index (κ2) is 8.52. The second-order valence-corrected chi connectivity index (χ2v) is 6.71. The Morgan fingerprint density at radius 1 is 0.962 bits per heavy atom. The summed E-state index contributed by atoms with van der Waals surface area (Å²) in [6.45, 7) is 3.62. The van der Waals surface area contributed by atoms with Gasteiger partial charge in [-0.05, 0) is 43.9 Å². The van der Waals surface area contributed by atoms with E-state index in [1.807, 2.05) is 49.4 Å². The number of amides is 3. The van der Waals surface area contributed by atoms with E-state index in [4.69, 9.17) is 0 Å². The second-order valence-electron chi connectivity index (χ2n) is 6.71. The van der Waals surface area contributed by atoms with E-state index in [1.54, 1.807) is 4.90 Å². The average Bonchev–Trinajstić information content (AvgIpc) is 3.17. The van der Waals surface area contributed by atoms with Crippen LogP contribution < -0.4 is 10.6 Å². The highest BCUT2D eigenvalue weighted by Gasteiger charge is 2.19. The summed E-state index contributed by atoms with van der Waals surface area (Å²) < 4.78 is 0. The Hall–Kier alpha value is -2.82. The normalized spacial score (nSPS) is 13.5. The lowest BCUT2D eigenvalue weighted by atomic mass is 10.1. The zero-order valence-corrected chi connectivity index (χ0v) is 15.1. The monoisotopic (exact) mass is 351 g/mol. The Kier molecular flexibility index (Phi) is 5.89. The van der Waals surface area contributed by atoms with Crippen LogP contribution in [0.15, 0.2) is 48.5 Å². The Morgan fingerprint density at radius 2 is 1.65 bits per heavy atom. The minimum absolute atomic E-state index is 0.0608. The Bertz CT molecular complexity index is 782. The smallest absolute Gasteiger partial charge is 0.321 e. The van der Waals surface area contributed by atoms with Gasteiger partial charge in [0.15, 0.2) is 0 Å². The van der Waals surface area contributed by atoms with Crippen molar-refractivity contribution in [2.75, 3.05) is 23.7 Å². The third kappa shape index (κ3) is 4.85. The maximum atomic E-state index is 12.3. The van der Waals surface area contributed by atoms with Gasteiger partial charge in [-0.1, -0.05) is 42.0 Å². The van der Waals surface area contributed by atoms with Crippen LogP contribution in [0.2, 0.25) is 0 Å². The summed E-state index contributed by atoms with van der Waals surface area (Å²) in [4.78, 5) is 26.4. The van der Waals surface area contributed by atoms with Crippen LogP contribution in [0.5, 0.6) is 0 Å². The van der Waals surface area contributed by atoms with Gasteiger partial charge >= 0.3 is 6.03 Å². The molecule has 1 saturated heterocycles. The van der Waals surface area contributed by atoms with Gasteiger partial charge in [0.1, 0.15) is 0 Å². The van der Waals surface area contributed by atoms with Gasteiger partial charge in [0.2, 0.25) is 5.91 Å². The van der Waals surface area contributed by atoms with Crippen molar-refractivity contribution in [3.05, 3.63) is 59.7 Å². The third-order valence-electron chi connectivity index (χ3n) is 4.56.